The number of hydrogen-bond donors (Lipinski definition) is 3. The van der Waals surface area contributed by atoms with Crippen molar-refractivity contribution in [3.63, 3.8) is 0 Å². The molecule has 36 heavy (non-hydrogen) atoms. The molecule has 0 saturated carbocycles. The van der Waals surface area contributed by atoms with Crippen LogP contribution in [0.4, 0.5) is 23.0 Å². The van der Waals surface area contributed by atoms with Crippen LogP contribution in [0, 0.1) is 6.92 Å². The van der Waals surface area contributed by atoms with E-state index in [1.165, 1.54) is 17.7 Å². The van der Waals surface area contributed by atoms with E-state index in [1.54, 1.807) is 16.3 Å². The standard InChI is InChI=1S/C25H19ClN8OS/c1-12-3-5-15-14(19(12)32-25(35)17-10-36-21-20(17)29-11-30-23(21)27)7-8-28-24(15)31-13-4-6-16-18(9-13)34(2)33-22(16)26/h3-11H,1-2H3,(H,28,31)(H,32,35)(H2,27,29,30). The molecule has 0 fully saturated rings. The van der Waals surface area contributed by atoms with E-state index in [-0.39, 0.29) is 5.91 Å². The van der Waals surface area contributed by atoms with Crippen molar-refractivity contribution in [3.05, 3.63) is 70.6 Å². The van der Waals surface area contributed by atoms with Crippen LogP contribution in [0.15, 0.2) is 54.3 Å². The Kier molecular flexibility index (Phi) is 5.20. The molecule has 0 spiro atoms. The lowest BCUT2D eigenvalue weighted by Gasteiger charge is -2.15. The average molecular weight is 515 g/mol. The minimum absolute atomic E-state index is 0.264. The third kappa shape index (κ3) is 3.58. The van der Waals surface area contributed by atoms with Gasteiger partial charge in [0.2, 0.25) is 0 Å². The Morgan fingerprint density at radius 2 is 1.92 bits per heavy atom. The number of rotatable bonds is 4. The van der Waals surface area contributed by atoms with Crippen LogP contribution in [0.2, 0.25) is 5.15 Å². The number of aryl methyl sites for hydroxylation is 2. The number of pyridine rings is 1. The number of nitrogen functional groups attached to an aromatic ring is 1. The molecule has 0 saturated heterocycles. The zero-order valence-corrected chi connectivity index (χ0v) is 20.8. The zero-order chi connectivity index (χ0) is 25.0. The number of carbonyl (C=O) groups is 1. The third-order valence-corrected chi connectivity index (χ3v) is 7.36. The fourth-order valence-electron chi connectivity index (χ4n) is 4.27. The lowest BCUT2D eigenvalue weighted by Crippen LogP contribution is -2.13. The maximum Gasteiger partial charge on any atom is 0.258 e. The van der Waals surface area contributed by atoms with Gasteiger partial charge in [-0.05, 0) is 36.8 Å². The van der Waals surface area contributed by atoms with E-state index >= 15 is 0 Å². The summed E-state index contributed by atoms with van der Waals surface area (Å²) < 4.78 is 2.43. The highest BCUT2D eigenvalue weighted by Gasteiger charge is 2.18. The number of hydrogen-bond acceptors (Lipinski definition) is 8. The summed E-state index contributed by atoms with van der Waals surface area (Å²) in [6, 6.07) is 11.7. The summed E-state index contributed by atoms with van der Waals surface area (Å²) >= 11 is 7.56. The Morgan fingerprint density at radius 3 is 2.78 bits per heavy atom. The van der Waals surface area contributed by atoms with Gasteiger partial charge in [-0.1, -0.05) is 23.7 Å². The average Bonchev–Trinajstić information content (AvgIpc) is 3.42. The Bertz CT molecular complexity index is 1830. The van der Waals surface area contributed by atoms with Crippen molar-refractivity contribution >= 4 is 83.7 Å². The van der Waals surface area contributed by atoms with Gasteiger partial charge in [-0.15, -0.1) is 11.3 Å². The van der Waals surface area contributed by atoms with Gasteiger partial charge in [0.15, 0.2) is 5.15 Å². The summed E-state index contributed by atoms with van der Waals surface area (Å²) in [5, 5.41) is 15.6. The minimum Gasteiger partial charge on any atom is -0.382 e. The number of nitrogens with two attached hydrogens (primary N) is 1. The number of aromatic nitrogens is 5. The molecule has 0 aliphatic heterocycles. The van der Waals surface area contributed by atoms with Crippen LogP contribution in [-0.2, 0) is 7.05 Å². The summed E-state index contributed by atoms with van der Waals surface area (Å²) in [6.07, 6.45) is 3.08. The number of nitrogens with one attached hydrogen (secondary N) is 2. The van der Waals surface area contributed by atoms with E-state index in [1.807, 2.05) is 50.4 Å². The fourth-order valence-corrected chi connectivity index (χ4v) is 5.44. The zero-order valence-electron chi connectivity index (χ0n) is 19.2. The highest BCUT2D eigenvalue weighted by Crippen LogP contribution is 2.34. The summed E-state index contributed by atoms with van der Waals surface area (Å²) in [5.41, 5.74) is 10.3. The predicted octanol–water partition coefficient (Wildman–Crippen LogP) is 5.67. The van der Waals surface area contributed by atoms with E-state index in [0.717, 1.165) is 32.9 Å². The molecule has 0 unspecified atom stereocenters. The Labute approximate surface area is 213 Å². The molecular weight excluding hydrogens is 496 g/mol. The molecule has 1 amide bonds. The molecule has 4 N–H and O–H groups in total. The molecule has 11 heteroatoms. The number of fused-ring (bicyclic) bond motifs is 3. The van der Waals surface area contributed by atoms with Crippen LogP contribution in [-0.4, -0.2) is 30.6 Å². The van der Waals surface area contributed by atoms with Gasteiger partial charge in [-0.2, -0.15) is 5.10 Å². The van der Waals surface area contributed by atoms with Gasteiger partial charge in [-0.25, -0.2) is 15.0 Å². The van der Waals surface area contributed by atoms with Crippen LogP contribution in [0.3, 0.4) is 0 Å². The first kappa shape index (κ1) is 22.2. The van der Waals surface area contributed by atoms with Gasteiger partial charge in [0, 0.05) is 40.5 Å². The maximum absolute atomic E-state index is 13.3. The Morgan fingerprint density at radius 1 is 1.08 bits per heavy atom. The van der Waals surface area contributed by atoms with Gasteiger partial charge in [0.05, 0.1) is 27.0 Å². The van der Waals surface area contributed by atoms with Crippen molar-refractivity contribution < 1.29 is 4.79 Å². The molecule has 4 heterocycles. The van der Waals surface area contributed by atoms with Crippen molar-refractivity contribution in [2.75, 3.05) is 16.4 Å². The third-order valence-electron chi connectivity index (χ3n) is 6.09. The minimum atomic E-state index is -0.264. The molecule has 6 aromatic rings. The van der Waals surface area contributed by atoms with E-state index in [9.17, 15) is 4.79 Å². The molecule has 2 aromatic carbocycles. The van der Waals surface area contributed by atoms with Crippen molar-refractivity contribution in [1.29, 1.82) is 0 Å². The normalized spacial score (nSPS) is 11.4. The maximum atomic E-state index is 13.3. The van der Waals surface area contributed by atoms with Crippen LogP contribution < -0.4 is 16.4 Å². The fraction of sp³-hybridized carbons (Fsp3) is 0.0800. The summed E-state index contributed by atoms with van der Waals surface area (Å²) in [7, 11) is 1.85. The van der Waals surface area contributed by atoms with Crippen LogP contribution in [0.1, 0.15) is 15.9 Å². The predicted molar refractivity (Wildman–Crippen MR) is 145 cm³/mol. The van der Waals surface area contributed by atoms with Crippen molar-refractivity contribution in [3.8, 4) is 0 Å². The monoisotopic (exact) mass is 514 g/mol. The van der Waals surface area contributed by atoms with Crippen LogP contribution in [0.25, 0.3) is 31.9 Å². The first-order chi connectivity index (χ1) is 17.4. The number of nitrogens with zero attached hydrogens (tertiary/aromatic N) is 5. The first-order valence-electron chi connectivity index (χ1n) is 11.0. The second kappa shape index (κ2) is 8.43. The lowest BCUT2D eigenvalue weighted by molar-refractivity contribution is 0.102. The molecule has 0 aliphatic rings. The quantitative estimate of drug-likeness (QED) is 0.277. The number of benzene rings is 2. The van der Waals surface area contributed by atoms with E-state index < -0.39 is 0 Å². The topological polar surface area (TPSA) is 124 Å². The number of amides is 1. The summed E-state index contributed by atoms with van der Waals surface area (Å²) in [4.78, 5) is 26.1. The summed E-state index contributed by atoms with van der Waals surface area (Å²) in [5.74, 6) is 0.760. The molecular formula is C25H19ClN8OS. The molecule has 0 aliphatic carbocycles. The highest BCUT2D eigenvalue weighted by atomic mass is 35.5. The van der Waals surface area contributed by atoms with Gasteiger partial charge in [0.25, 0.3) is 5.91 Å². The smallest absolute Gasteiger partial charge is 0.258 e. The van der Waals surface area contributed by atoms with E-state index in [2.05, 4.69) is 30.7 Å². The molecule has 178 valence electrons. The van der Waals surface area contributed by atoms with Gasteiger partial charge >= 0.3 is 0 Å². The van der Waals surface area contributed by atoms with Crippen molar-refractivity contribution in [1.82, 2.24) is 24.7 Å². The van der Waals surface area contributed by atoms with Gasteiger partial charge < -0.3 is 16.4 Å². The van der Waals surface area contributed by atoms with Gasteiger partial charge in [0.1, 0.15) is 18.0 Å². The second-order valence-electron chi connectivity index (χ2n) is 8.32. The SMILES string of the molecule is Cc1ccc2c(Nc3ccc4c(Cl)nn(C)c4c3)nccc2c1NC(=O)c1csc2c(N)ncnc12. The largest absolute Gasteiger partial charge is 0.382 e. The summed E-state index contributed by atoms with van der Waals surface area (Å²) in [6.45, 7) is 1.95. The number of thiophene rings is 1. The van der Waals surface area contributed by atoms with Crippen LogP contribution in [0.5, 0.6) is 0 Å². The number of anilines is 4. The molecule has 0 radical (unpaired) electrons. The Hall–Kier alpha value is -4.28. The molecule has 4 aromatic heterocycles. The number of carbonyl (C=O) groups excluding carboxylic acids is 1. The molecule has 0 atom stereocenters. The molecule has 9 nitrogen and oxygen atoms in total. The molecule has 6 rings (SSSR count). The second-order valence-corrected chi connectivity index (χ2v) is 9.56. The number of halogens is 1. The van der Waals surface area contributed by atoms with E-state index in [4.69, 9.17) is 17.3 Å². The highest BCUT2D eigenvalue weighted by molar-refractivity contribution is 7.18. The lowest BCUT2D eigenvalue weighted by atomic mass is 10.0. The Balaban J connectivity index is 1.38. The van der Waals surface area contributed by atoms with Gasteiger partial charge in [-0.3, -0.25) is 9.48 Å². The first-order valence-corrected chi connectivity index (χ1v) is 12.2. The molecule has 0 bridgehead atoms. The van der Waals surface area contributed by atoms with Crippen molar-refractivity contribution in [2.24, 2.45) is 7.05 Å². The van der Waals surface area contributed by atoms with Crippen molar-refractivity contribution in [2.45, 2.75) is 6.92 Å². The van der Waals surface area contributed by atoms with E-state index in [0.29, 0.717) is 38.3 Å². The van der Waals surface area contributed by atoms with Crippen LogP contribution >= 0.6 is 22.9 Å².